The van der Waals surface area contributed by atoms with Crippen LogP contribution >= 0.6 is 0 Å². The molecule has 0 bridgehead atoms. The number of rotatable bonds is 8. The molecule has 0 radical (unpaired) electrons. The van der Waals surface area contributed by atoms with E-state index >= 15 is 0 Å². The number of amides is 1. The predicted octanol–water partition coefficient (Wildman–Crippen LogP) is 2.50. The fourth-order valence-corrected chi connectivity index (χ4v) is 4.74. The maximum atomic E-state index is 12.4. The number of alkyl carbamates (subject to hydrolysis) is 1. The number of epoxide rings is 2. The molecule has 2 heterocycles. The molecule has 3 rings (SSSR count). The maximum Gasteiger partial charge on any atom is 0.407 e. The summed E-state index contributed by atoms with van der Waals surface area (Å²) in [7, 11) is 7.98. The van der Waals surface area contributed by atoms with Gasteiger partial charge in [-0.05, 0) is 40.0 Å². The summed E-state index contributed by atoms with van der Waals surface area (Å²) in [5.74, 6) is 0.0494. The number of carbonyl (C=O) groups is 1. The second-order valence-corrected chi connectivity index (χ2v) is 10.3. The molecule has 6 unspecified atom stereocenters. The van der Waals surface area contributed by atoms with Crippen LogP contribution in [-0.2, 0) is 18.9 Å². The smallest absolute Gasteiger partial charge is 0.407 e. The van der Waals surface area contributed by atoms with Gasteiger partial charge in [-0.3, -0.25) is 0 Å². The van der Waals surface area contributed by atoms with Crippen molar-refractivity contribution in [1.82, 2.24) is 5.32 Å². The zero-order valence-electron chi connectivity index (χ0n) is 19.1. The molecule has 7 nitrogen and oxygen atoms in total. The van der Waals surface area contributed by atoms with Crippen molar-refractivity contribution in [1.29, 1.82) is 0 Å². The van der Waals surface area contributed by atoms with Crippen LogP contribution in [0, 0.1) is 5.92 Å². The Hall–Kier alpha value is -1.15. The molecule has 1 amide bonds. The van der Waals surface area contributed by atoms with Gasteiger partial charge in [0.05, 0.1) is 52.9 Å². The van der Waals surface area contributed by atoms with Gasteiger partial charge in [-0.2, -0.15) is 0 Å². The molecule has 166 valence electrons. The van der Waals surface area contributed by atoms with Crippen LogP contribution in [0.25, 0.3) is 0 Å². The molecule has 3 aliphatic rings. The van der Waals surface area contributed by atoms with Crippen molar-refractivity contribution in [2.75, 3.05) is 47.9 Å². The van der Waals surface area contributed by atoms with Crippen molar-refractivity contribution in [2.45, 2.75) is 69.5 Å². The molecule has 6 atom stereocenters. The first-order valence-corrected chi connectivity index (χ1v) is 10.7. The van der Waals surface area contributed by atoms with Gasteiger partial charge in [-0.25, -0.2) is 4.79 Å². The van der Waals surface area contributed by atoms with E-state index in [1.807, 2.05) is 0 Å². The minimum absolute atomic E-state index is 0.0494. The molecular formula is C22H39N2O5+. The predicted molar refractivity (Wildman–Crippen MR) is 111 cm³/mol. The minimum Gasteiger partial charge on any atom is -0.443 e. The van der Waals surface area contributed by atoms with E-state index in [0.29, 0.717) is 6.54 Å². The van der Waals surface area contributed by atoms with Crippen LogP contribution in [0.3, 0.4) is 0 Å². The van der Waals surface area contributed by atoms with Gasteiger partial charge in [0.25, 0.3) is 0 Å². The second kappa shape index (κ2) is 8.17. The van der Waals surface area contributed by atoms with E-state index in [2.05, 4.69) is 53.3 Å². The van der Waals surface area contributed by atoms with E-state index in [0.717, 1.165) is 36.9 Å². The average molecular weight is 412 g/mol. The van der Waals surface area contributed by atoms with Gasteiger partial charge in [0.15, 0.2) is 0 Å². The van der Waals surface area contributed by atoms with E-state index in [1.165, 1.54) is 5.57 Å². The molecule has 29 heavy (non-hydrogen) atoms. The van der Waals surface area contributed by atoms with Crippen LogP contribution < -0.4 is 5.32 Å². The van der Waals surface area contributed by atoms with Crippen molar-refractivity contribution >= 4 is 6.09 Å². The highest BCUT2D eigenvalue weighted by molar-refractivity contribution is 5.67. The van der Waals surface area contributed by atoms with Gasteiger partial charge in [-0.15, -0.1) is 0 Å². The van der Waals surface area contributed by atoms with Crippen LogP contribution in [0.2, 0.25) is 0 Å². The van der Waals surface area contributed by atoms with Gasteiger partial charge in [0, 0.05) is 7.11 Å². The van der Waals surface area contributed by atoms with Crippen molar-refractivity contribution in [2.24, 2.45) is 5.92 Å². The van der Waals surface area contributed by atoms with E-state index in [1.54, 1.807) is 7.11 Å². The minimum atomic E-state index is -0.375. The third-order valence-corrected chi connectivity index (χ3v) is 6.55. The summed E-state index contributed by atoms with van der Waals surface area (Å²) in [5, 5.41) is 2.88. The lowest BCUT2D eigenvalue weighted by atomic mass is 9.68. The number of hydrogen-bond donors (Lipinski definition) is 1. The molecule has 0 aromatic rings. The molecule has 1 aliphatic carbocycles. The van der Waals surface area contributed by atoms with Crippen LogP contribution in [0.5, 0.6) is 0 Å². The molecule has 2 aliphatic heterocycles. The highest BCUT2D eigenvalue weighted by atomic mass is 16.6. The second-order valence-electron chi connectivity index (χ2n) is 10.3. The largest absolute Gasteiger partial charge is 0.443 e. The summed E-state index contributed by atoms with van der Waals surface area (Å²) < 4.78 is 24.6. The molecule has 0 aromatic heterocycles. The number of nitrogens with one attached hydrogen (secondary N) is 1. The Morgan fingerprint density at radius 3 is 2.55 bits per heavy atom. The summed E-state index contributed by atoms with van der Waals surface area (Å²) in [6, 6.07) is 0. The summed E-state index contributed by atoms with van der Waals surface area (Å²) in [5.41, 5.74) is 0.777. The van der Waals surface area contributed by atoms with Gasteiger partial charge >= 0.3 is 6.09 Å². The van der Waals surface area contributed by atoms with Crippen LogP contribution in [-0.4, -0.2) is 88.0 Å². The Labute approximate surface area is 175 Å². The fourth-order valence-electron chi connectivity index (χ4n) is 4.74. The van der Waals surface area contributed by atoms with Crippen molar-refractivity contribution in [3.63, 3.8) is 0 Å². The number of carbonyl (C=O) groups excluding carboxylic acids is 1. The molecule has 7 heteroatoms. The Morgan fingerprint density at radius 2 is 2.00 bits per heavy atom. The summed E-state index contributed by atoms with van der Waals surface area (Å²) in [6.45, 7) is 8.50. The molecule has 0 aromatic carbocycles. The molecule has 1 N–H and O–H groups in total. The average Bonchev–Trinajstić information content (AvgIpc) is 3.51. The van der Waals surface area contributed by atoms with E-state index in [-0.39, 0.29) is 41.5 Å². The number of quaternary nitrogens is 1. The monoisotopic (exact) mass is 411 g/mol. The molecule has 2 saturated heterocycles. The van der Waals surface area contributed by atoms with E-state index in [9.17, 15) is 4.79 Å². The van der Waals surface area contributed by atoms with Gasteiger partial charge in [-0.1, -0.05) is 11.6 Å². The molecule has 1 saturated carbocycles. The highest BCUT2D eigenvalue weighted by Gasteiger charge is 2.72. The number of nitrogens with zero attached hydrogens (tertiary/aromatic N) is 1. The first-order chi connectivity index (χ1) is 13.5. The SMILES string of the molecule is COC1C(OC(=O)NCC[N+](C)(C)C)CCC2(CO2)C1C1(C)OC1CC=C(C)C. The quantitative estimate of drug-likeness (QED) is 0.377. The lowest BCUT2D eigenvalue weighted by Crippen LogP contribution is -2.56. The van der Waals surface area contributed by atoms with Crippen LogP contribution in [0.4, 0.5) is 4.79 Å². The zero-order chi connectivity index (χ0) is 21.4. The third kappa shape index (κ3) is 5.13. The molecular weight excluding hydrogens is 372 g/mol. The summed E-state index contributed by atoms with van der Waals surface area (Å²) >= 11 is 0. The summed E-state index contributed by atoms with van der Waals surface area (Å²) in [6.07, 6.45) is 3.95. The first-order valence-electron chi connectivity index (χ1n) is 10.7. The van der Waals surface area contributed by atoms with Crippen molar-refractivity contribution in [3.8, 4) is 0 Å². The Morgan fingerprint density at radius 1 is 1.31 bits per heavy atom. The zero-order valence-corrected chi connectivity index (χ0v) is 19.1. The standard InChI is InChI=1S/C22H38N2O5/c1-15(2)8-9-17-21(3,29-17)19-18(26-7)16(10-11-22(19)14-27-22)28-20(25)23-12-13-24(4,5)6/h8,16-19H,9-14H2,1-7H3/p+1. The van der Waals surface area contributed by atoms with Gasteiger partial charge in [0.1, 0.15) is 23.4 Å². The fraction of sp³-hybridized carbons (Fsp3) is 0.864. The maximum absolute atomic E-state index is 12.4. The van der Waals surface area contributed by atoms with E-state index < -0.39 is 0 Å². The van der Waals surface area contributed by atoms with Gasteiger partial charge in [0.2, 0.25) is 0 Å². The Kier molecular flexibility index (Phi) is 6.35. The number of ether oxygens (including phenoxy) is 4. The number of allylic oxidation sites excluding steroid dienone is 1. The van der Waals surface area contributed by atoms with E-state index in [4.69, 9.17) is 18.9 Å². The molecule has 1 spiro atoms. The number of methoxy groups -OCH3 is 1. The van der Waals surface area contributed by atoms with Gasteiger partial charge < -0.3 is 28.7 Å². The van der Waals surface area contributed by atoms with Crippen LogP contribution in [0.15, 0.2) is 11.6 Å². The Bertz CT molecular complexity index is 636. The number of likely N-dealkylation sites (N-methyl/N-ethyl adjacent to an activating group) is 1. The third-order valence-electron chi connectivity index (χ3n) is 6.55. The number of hydrogen-bond acceptors (Lipinski definition) is 5. The lowest BCUT2D eigenvalue weighted by Gasteiger charge is -2.42. The molecule has 3 fully saturated rings. The van der Waals surface area contributed by atoms with Crippen molar-refractivity contribution in [3.05, 3.63) is 11.6 Å². The first kappa shape index (κ1) is 22.5. The van der Waals surface area contributed by atoms with Crippen molar-refractivity contribution < 1.29 is 28.2 Å². The topological polar surface area (TPSA) is 72.6 Å². The Balaban J connectivity index is 1.64. The van der Waals surface area contributed by atoms with Crippen LogP contribution in [0.1, 0.15) is 40.0 Å². The lowest BCUT2D eigenvalue weighted by molar-refractivity contribution is -0.869. The normalized spacial score (nSPS) is 38.4. The summed E-state index contributed by atoms with van der Waals surface area (Å²) in [4.78, 5) is 12.4. The highest BCUT2D eigenvalue weighted by Crippen LogP contribution is 2.59.